The minimum absolute atomic E-state index is 0.0344. The van der Waals surface area contributed by atoms with E-state index in [1.165, 1.54) is 4.90 Å². The highest BCUT2D eigenvalue weighted by Gasteiger charge is 2.07. The molecule has 0 radical (unpaired) electrons. The van der Waals surface area contributed by atoms with Crippen molar-refractivity contribution in [3.05, 3.63) is 35.4 Å². The van der Waals surface area contributed by atoms with Crippen LogP contribution in [0.15, 0.2) is 24.3 Å². The van der Waals surface area contributed by atoms with Crippen LogP contribution < -0.4 is 5.32 Å². The first-order valence-corrected chi connectivity index (χ1v) is 6.22. The molecular formula is C15H18N2O3. The van der Waals surface area contributed by atoms with Crippen molar-refractivity contribution < 1.29 is 14.7 Å². The number of aliphatic hydroxyl groups excluding tert-OH is 1. The van der Waals surface area contributed by atoms with Gasteiger partial charge in [-0.15, -0.1) is 0 Å². The van der Waals surface area contributed by atoms with Crippen molar-refractivity contribution in [1.82, 2.24) is 10.2 Å². The summed E-state index contributed by atoms with van der Waals surface area (Å²) >= 11 is 0. The summed E-state index contributed by atoms with van der Waals surface area (Å²) in [6.07, 6.45) is 0.267. The van der Waals surface area contributed by atoms with Gasteiger partial charge >= 0.3 is 0 Å². The van der Waals surface area contributed by atoms with Gasteiger partial charge in [-0.2, -0.15) is 0 Å². The number of amides is 2. The van der Waals surface area contributed by atoms with Gasteiger partial charge in [0.05, 0.1) is 0 Å². The van der Waals surface area contributed by atoms with E-state index in [4.69, 9.17) is 5.11 Å². The molecule has 0 saturated heterocycles. The first-order chi connectivity index (χ1) is 9.54. The summed E-state index contributed by atoms with van der Waals surface area (Å²) in [6, 6.07) is 6.80. The molecule has 0 aliphatic rings. The van der Waals surface area contributed by atoms with E-state index in [0.717, 1.165) is 0 Å². The van der Waals surface area contributed by atoms with E-state index < -0.39 is 0 Å². The average Bonchev–Trinajstić information content (AvgIpc) is 2.45. The van der Waals surface area contributed by atoms with Crippen molar-refractivity contribution in [3.63, 3.8) is 0 Å². The maximum absolute atomic E-state index is 11.9. The van der Waals surface area contributed by atoms with E-state index in [-0.39, 0.29) is 24.8 Å². The molecule has 1 aromatic rings. The zero-order valence-corrected chi connectivity index (χ0v) is 11.6. The number of rotatable bonds is 4. The summed E-state index contributed by atoms with van der Waals surface area (Å²) < 4.78 is 0. The van der Waals surface area contributed by atoms with Crippen molar-refractivity contribution in [2.45, 2.75) is 6.42 Å². The van der Waals surface area contributed by atoms with Crippen LogP contribution in [-0.4, -0.2) is 49.1 Å². The topological polar surface area (TPSA) is 69.6 Å². The summed E-state index contributed by atoms with van der Waals surface area (Å²) in [7, 11) is 3.35. The second-order valence-electron chi connectivity index (χ2n) is 4.33. The number of hydrogen-bond acceptors (Lipinski definition) is 3. The molecule has 0 saturated carbocycles. The number of carbonyl (C=O) groups excluding carboxylic acids is 2. The molecule has 2 amide bonds. The Bertz CT molecular complexity index is 542. The maximum Gasteiger partial charge on any atom is 0.251 e. The van der Waals surface area contributed by atoms with Crippen molar-refractivity contribution in [2.75, 3.05) is 27.2 Å². The number of nitrogens with zero attached hydrogens (tertiary/aromatic N) is 1. The second-order valence-corrected chi connectivity index (χ2v) is 4.33. The smallest absolute Gasteiger partial charge is 0.251 e. The molecule has 0 spiro atoms. The van der Waals surface area contributed by atoms with Crippen LogP contribution in [0.25, 0.3) is 0 Å². The van der Waals surface area contributed by atoms with Gasteiger partial charge in [-0.3, -0.25) is 9.59 Å². The van der Waals surface area contributed by atoms with E-state index in [0.29, 0.717) is 17.7 Å². The summed E-state index contributed by atoms with van der Waals surface area (Å²) in [5, 5.41) is 11.3. The normalized spacial score (nSPS) is 9.35. The molecule has 0 fully saturated rings. The first kappa shape index (κ1) is 15.7. The number of nitrogens with one attached hydrogen (secondary N) is 1. The van der Waals surface area contributed by atoms with E-state index in [1.807, 2.05) is 0 Å². The quantitative estimate of drug-likeness (QED) is 0.773. The molecular weight excluding hydrogens is 256 g/mol. The standard InChI is InChI=1S/C15H18N2O3/c1-17(2)14(19)8-9-16-15(20)13-7-3-5-12(11-13)6-4-10-18/h3,5,7,11,18H,8-10H2,1-2H3,(H,16,20). The Morgan fingerprint density at radius 1 is 1.35 bits per heavy atom. The Labute approximate surface area is 118 Å². The first-order valence-electron chi connectivity index (χ1n) is 6.22. The van der Waals surface area contributed by atoms with Gasteiger partial charge in [0, 0.05) is 38.2 Å². The summed E-state index contributed by atoms with van der Waals surface area (Å²) in [5.41, 5.74) is 1.14. The van der Waals surface area contributed by atoms with Crippen molar-refractivity contribution >= 4 is 11.8 Å². The highest BCUT2D eigenvalue weighted by Crippen LogP contribution is 2.04. The van der Waals surface area contributed by atoms with E-state index in [9.17, 15) is 9.59 Å². The molecule has 1 aromatic carbocycles. The van der Waals surface area contributed by atoms with Gasteiger partial charge in [0.2, 0.25) is 5.91 Å². The van der Waals surface area contributed by atoms with Crippen molar-refractivity contribution in [3.8, 4) is 11.8 Å². The average molecular weight is 274 g/mol. The fourth-order valence-corrected chi connectivity index (χ4v) is 1.49. The van der Waals surface area contributed by atoms with Crippen molar-refractivity contribution in [2.24, 2.45) is 0 Å². The SMILES string of the molecule is CN(C)C(=O)CCNC(=O)c1cccc(C#CCO)c1. The number of benzene rings is 1. The molecule has 0 unspecified atom stereocenters. The molecule has 0 aromatic heterocycles. The molecule has 0 aliphatic carbocycles. The summed E-state index contributed by atoms with van der Waals surface area (Å²) in [4.78, 5) is 24.7. The second kappa shape index (κ2) is 7.97. The molecule has 5 nitrogen and oxygen atoms in total. The minimum atomic E-state index is -0.246. The highest BCUT2D eigenvalue weighted by atomic mass is 16.2. The van der Waals surface area contributed by atoms with E-state index in [1.54, 1.807) is 38.4 Å². The third-order valence-electron chi connectivity index (χ3n) is 2.56. The lowest BCUT2D eigenvalue weighted by atomic mass is 10.1. The van der Waals surface area contributed by atoms with Crippen LogP contribution in [0.5, 0.6) is 0 Å². The molecule has 1 rings (SSSR count). The number of aliphatic hydroxyl groups is 1. The Hall–Kier alpha value is -2.32. The van der Waals surface area contributed by atoms with Crippen LogP contribution in [0.3, 0.4) is 0 Å². The van der Waals surface area contributed by atoms with Crippen LogP contribution >= 0.6 is 0 Å². The lowest BCUT2D eigenvalue weighted by molar-refractivity contribution is -0.128. The monoisotopic (exact) mass is 274 g/mol. The van der Waals surface area contributed by atoms with Gasteiger partial charge in [-0.05, 0) is 18.2 Å². The Morgan fingerprint density at radius 3 is 2.75 bits per heavy atom. The third-order valence-corrected chi connectivity index (χ3v) is 2.56. The van der Waals surface area contributed by atoms with Gasteiger partial charge < -0.3 is 15.3 Å². The molecule has 20 heavy (non-hydrogen) atoms. The van der Waals surface area contributed by atoms with Gasteiger partial charge in [-0.25, -0.2) is 0 Å². The molecule has 0 atom stereocenters. The predicted octanol–water partition coefficient (Wildman–Crippen LogP) is 0.238. The van der Waals surface area contributed by atoms with Gasteiger partial charge in [0.25, 0.3) is 5.91 Å². The van der Waals surface area contributed by atoms with E-state index >= 15 is 0 Å². The number of hydrogen-bond donors (Lipinski definition) is 2. The molecule has 5 heteroatoms. The molecule has 0 aliphatic heterocycles. The lowest BCUT2D eigenvalue weighted by Crippen LogP contribution is -2.30. The predicted molar refractivity (Wildman–Crippen MR) is 76.1 cm³/mol. The summed E-state index contributed by atoms with van der Waals surface area (Å²) in [5.74, 6) is 4.98. The number of carbonyl (C=O) groups is 2. The Balaban J connectivity index is 2.57. The third kappa shape index (κ3) is 5.12. The fourth-order valence-electron chi connectivity index (χ4n) is 1.49. The molecule has 106 valence electrons. The molecule has 2 N–H and O–H groups in total. The lowest BCUT2D eigenvalue weighted by Gasteiger charge is -2.10. The fraction of sp³-hybridized carbons (Fsp3) is 0.333. The van der Waals surface area contributed by atoms with E-state index in [2.05, 4.69) is 17.2 Å². The van der Waals surface area contributed by atoms with Gasteiger partial charge in [0.1, 0.15) is 6.61 Å². The Morgan fingerprint density at radius 2 is 2.10 bits per heavy atom. The summed E-state index contributed by atoms with van der Waals surface area (Å²) in [6.45, 7) is 0.0749. The van der Waals surface area contributed by atoms with Crippen LogP contribution in [-0.2, 0) is 4.79 Å². The highest BCUT2D eigenvalue weighted by molar-refractivity contribution is 5.94. The molecule has 0 bridgehead atoms. The Kier molecular flexibility index (Phi) is 6.27. The minimum Gasteiger partial charge on any atom is -0.384 e. The maximum atomic E-state index is 11.9. The molecule has 0 heterocycles. The van der Waals surface area contributed by atoms with Gasteiger partial charge in [0.15, 0.2) is 0 Å². The zero-order valence-electron chi connectivity index (χ0n) is 11.6. The largest absolute Gasteiger partial charge is 0.384 e. The van der Waals surface area contributed by atoms with Crippen LogP contribution in [0.2, 0.25) is 0 Å². The van der Waals surface area contributed by atoms with Crippen LogP contribution in [0, 0.1) is 11.8 Å². The zero-order chi connectivity index (χ0) is 15.0. The van der Waals surface area contributed by atoms with Crippen LogP contribution in [0.4, 0.5) is 0 Å². The van der Waals surface area contributed by atoms with Gasteiger partial charge in [-0.1, -0.05) is 17.9 Å². The van der Waals surface area contributed by atoms with Crippen molar-refractivity contribution in [1.29, 1.82) is 0 Å². The van der Waals surface area contributed by atoms with Crippen LogP contribution in [0.1, 0.15) is 22.3 Å².